The summed E-state index contributed by atoms with van der Waals surface area (Å²) < 4.78 is 1.41. The van der Waals surface area contributed by atoms with Crippen LogP contribution in [0, 0.1) is 0 Å². The number of aromatic nitrogens is 4. The minimum Gasteiger partial charge on any atom is -0.364 e. The highest BCUT2D eigenvalue weighted by atomic mass is 16.2. The number of nitrogens with two attached hydrogens (primary N) is 1. The highest BCUT2D eigenvalue weighted by molar-refractivity contribution is 6.02. The Morgan fingerprint density at radius 3 is 2.32 bits per heavy atom. The van der Waals surface area contributed by atoms with E-state index in [9.17, 15) is 9.59 Å². The fourth-order valence-electron chi connectivity index (χ4n) is 3.13. The number of primary amides is 1. The van der Waals surface area contributed by atoms with Crippen molar-refractivity contribution < 1.29 is 4.79 Å². The number of nitrogens with one attached hydrogen (secondary N) is 1. The number of aromatic amines is 1. The van der Waals surface area contributed by atoms with Crippen molar-refractivity contribution in [2.45, 2.75) is 19.8 Å². The first-order valence-corrected chi connectivity index (χ1v) is 8.94. The van der Waals surface area contributed by atoms with Crippen LogP contribution in [0.15, 0.2) is 59.4 Å². The molecule has 0 saturated carbocycles. The second-order valence-electron chi connectivity index (χ2n) is 6.84. The third kappa shape index (κ3) is 2.96. The molecule has 28 heavy (non-hydrogen) atoms. The average Bonchev–Trinajstić information content (AvgIpc) is 3.03. The molecule has 0 spiro atoms. The van der Waals surface area contributed by atoms with E-state index in [2.05, 4.69) is 28.8 Å². The molecule has 0 atom stereocenters. The number of rotatable bonds is 4. The van der Waals surface area contributed by atoms with Crippen LogP contribution in [0.5, 0.6) is 0 Å². The van der Waals surface area contributed by atoms with Gasteiger partial charge in [0, 0.05) is 5.56 Å². The van der Waals surface area contributed by atoms with Gasteiger partial charge in [0.25, 0.3) is 5.91 Å². The summed E-state index contributed by atoms with van der Waals surface area (Å²) in [4.78, 5) is 36.1. The molecule has 3 N–H and O–H groups in total. The average molecular weight is 373 g/mol. The first-order valence-electron chi connectivity index (χ1n) is 8.94. The number of benzene rings is 2. The number of H-pyrrole nitrogens is 1. The van der Waals surface area contributed by atoms with Gasteiger partial charge in [0.2, 0.25) is 0 Å². The summed E-state index contributed by atoms with van der Waals surface area (Å²) in [5.41, 5.74) is 8.19. The van der Waals surface area contributed by atoms with E-state index in [1.807, 2.05) is 42.5 Å². The predicted molar refractivity (Wildman–Crippen MR) is 108 cm³/mol. The summed E-state index contributed by atoms with van der Waals surface area (Å²) in [7, 11) is 0. The van der Waals surface area contributed by atoms with Gasteiger partial charge in [-0.2, -0.15) is 0 Å². The Balaban J connectivity index is 1.98. The molecule has 7 heteroatoms. The van der Waals surface area contributed by atoms with Gasteiger partial charge in [0.15, 0.2) is 17.2 Å². The molecule has 0 aliphatic carbocycles. The lowest BCUT2D eigenvalue weighted by molar-refractivity contribution is 0.0997. The molecule has 4 aromatic rings. The topological polar surface area (TPSA) is 107 Å². The number of fused-ring (bicyclic) bond motifs is 1. The van der Waals surface area contributed by atoms with Gasteiger partial charge >= 0.3 is 5.69 Å². The molecule has 140 valence electrons. The molecule has 0 fully saturated rings. The van der Waals surface area contributed by atoms with E-state index in [-0.39, 0.29) is 11.2 Å². The zero-order valence-corrected chi connectivity index (χ0v) is 15.5. The van der Waals surface area contributed by atoms with Gasteiger partial charge in [-0.25, -0.2) is 19.3 Å². The minimum atomic E-state index is -0.728. The van der Waals surface area contributed by atoms with Crippen LogP contribution in [0.1, 0.15) is 35.8 Å². The van der Waals surface area contributed by atoms with Gasteiger partial charge in [-0.05, 0) is 23.6 Å². The van der Waals surface area contributed by atoms with Gasteiger partial charge in [-0.3, -0.25) is 4.79 Å². The highest BCUT2D eigenvalue weighted by Crippen LogP contribution is 2.23. The van der Waals surface area contributed by atoms with E-state index in [4.69, 9.17) is 5.73 Å². The van der Waals surface area contributed by atoms with Crippen molar-refractivity contribution in [1.29, 1.82) is 0 Å². The Morgan fingerprint density at radius 1 is 1.04 bits per heavy atom. The molecule has 0 saturated heterocycles. The summed E-state index contributed by atoms with van der Waals surface area (Å²) >= 11 is 0. The number of hydrogen-bond acceptors (Lipinski definition) is 4. The smallest absolute Gasteiger partial charge is 0.332 e. The molecule has 4 rings (SSSR count). The molecule has 1 amide bonds. The zero-order valence-electron chi connectivity index (χ0n) is 15.5. The number of amides is 1. The predicted octanol–water partition coefficient (Wildman–Crippen LogP) is 3.00. The lowest BCUT2D eigenvalue weighted by Gasteiger charge is -2.08. The van der Waals surface area contributed by atoms with Crippen LogP contribution in [0.4, 0.5) is 0 Å². The lowest BCUT2D eigenvalue weighted by Crippen LogP contribution is -2.15. The van der Waals surface area contributed by atoms with Crippen molar-refractivity contribution in [3.8, 4) is 17.1 Å². The van der Waals surface area contributed by atoms with Crippen molar-refractivity contribution in [2.75, 3.05) is 0 Å². The number of imidazole rings is 1. The summed E-state index contributed by atoms with van der Waals surface area (Å²) in [5, 5.41) is 0. The Kier molecular flexibility index (Phi) is 4.27. The molecule has 0 unspecified atom stereocenters. The van der Waals surface area contributed by atoms with Crippen LogP contribution < -0.4 is 11.4 Å². The van der Waals surface area contributed by atoms with E-state index in [0.29, 0.717) is 23.1 Å². The van der Waals surface area contributed by atoms with Crippen molar-refractivity contribution >= 4 is 17.1 Å². The molecular formula is C21H19N5O2. The zero-order chi connectivity index (χ0) is 19.8. The minimum absolute atomic E-state index is 0.0142. The maximum Gasteiger partial charge on any atom is 0.332 e. The van der Waals surface area contributed by atoms with Crippen molar-refractivity contribution in [3.63, 3.8) is 0 Å². The quantitative estimate of drug-likeness (QED) is 0.573. The molecule has 2 aromatic carbocycles. The van der Waals surface area contributed by atoms with E-state index in [1.165, 1.54) is 10.1 Å². The number of carbonyl (C=O) groups excluding carboxylic acids is 1. The summed E-state index contributed by atoms with van der Waals surface area (Å²) in [6.45, 7) is 4.22. The normalized spacial score (nSPS) is 11.2. The first-order chi connectivity index (χ1) is 13.5. The summed E-state index contributed by atoms with van der Waals surface area (Å²) in [6.07, 6.45) is 0. The Bertz CT molecular complexity index is 1220. The van der Waals surface area contributed by atoms with Crippen LogP contribution in [0.3, 0.4) is 0 Å². The Hall–Kier alpha value is -3.74. The second-order valence-corrected chi connectivity index (χ2v) is 6.84. The molecule has 0 radical (unpaired) electrons. The fraction of sp³-hybridized carbons (Fsp3) is 0.143. The van der Waals surface area contributed by atoms with E-state index in [1.54, 1.807) is 12.1 Å². The Labute approximate surface area is 160 Å². The standard InChI is InChI=1S/C21H19N5O2/c1-12(2)13-8-10-14(11-9-13)19-23-16(18(22)27)17-20(25-19)26(21(28)24-17)15-6-4-3-5-7-15/h3-12H,1-2H3,(H2,22,27)(H,24,28). The van der Waals surface area contributed by atoms with Crippen LogP contribution in [-0.2, 0) is 0 Å². The van der Waals surface area contributed by atoms with Gasteiger partial charge in [-0.1, -0.05) is 56.3 Å². The number of nitrogens with zero attached hydrogens (tertiary/aromatic N) is 3. The first kappa shape index (κ1) is 17.7. The number of carbonyl (C=O) groups is 1. The SMILES string of the molecule is CC(C)c1ccc(-c2nc(C(N)=O)c3[nH]c(=O)n(-c4ccccc4)c3n2)cc1. The third-order valence-electron chi connectivity index (χ3n) is 4.62. The van der Waals surface area contributed by atoms with E-state index >= 15 is 0 Å². The monoisotopic (exact) mass is 373 g/mol. The maximum atomic E-state index is 12.6. The summed E-state index contributed by atoms with van der Waals surface area (Å²) in [6, 6.07) is 16.9. The Morgan fingerprint density at radius 2 is 1.71 bits per heavy atom. The summed E-state index contributed by atoms with van der Waals surface area (Å²) in [5.74, 6) is 0.000706. The molecule has 2 heterocycles. The van der Waals surface area contributed by atoms with E-state index < -0.39 is 11.6 Å². The molecular weight excluding hydrogens is 354 g/mol. The van der Waals surface area contributed by atoms with Crippen LogP contribution >= 0.6 is 0 Å². The van der Waals surface area contributed by atoms with Crippen LogP contribution in [0.2, 0.25) is 0 Å². The second kappa shape index (κ2) is 6.77. The molecule has 7 nitrogen and oxygen atoms in total. The van der Waals surface area contributed by atoms with Gasteiger partial charge < -0.3 is 10.7 Å². The molecule has 0 aliphatic rings. The fourth-order valence-corrected chi connectivity index (χ4v) is 3.13. The van der Waals surface area contributed by atoms with Gasteiger partial charge in [-0.15, -0.1) is 0 Å². The number of para-hydroxylation sites is 1. The molecule has 0 bridgehead atoms. The van der Waals surface area contributed by atoms with Gasteiger partial charge in [0.05, 0.1) is 5.69 Å². The van der Waals surface area contributed by atoms with Crippen molar-refractivity contribution in [3.05, 3.63) is 76.3 Å². The lowest BCUT2D eigenvalue weighted by atomic mass is 10.0. The highest BCUT2D eigenvalue weighted by Gasteiger charge is 2.20. The largest absolute Gasteiger partial charge is 0.364 e. The molecule has 2 aromatic heterocycles. The van der Waals surface area contributed by atoms with Crippen LogP contribution in [-0.4, -0.2) is 25.4 Å². The molecule has 0 aliphatic heterocycles. The third-order valence-corrected chi connectivity index (χ3v) is 4.62. The van der Waals surface area contributed by atoms with Crippen LogP contribution in [0.25, 0.3) is 28.2 Å². The number of hydrogen-bond donors (Lipinski definition) is 2. The van der Waals surface area contributed by atoms with E-state index in [0.717, 1.165) is 5.56 Å². The van der Waals surface area contributed by atoms with Gasteiger partial charge in [0.1, 0.15) is 5.52 Å². The van der Waals surface area contributed by atoms with Crippen molar-refractivity contribution in [1.82, 2.24) is 19.5 Å². The maximum absolute atomic E-state index is 12.6. The van der Waals surface area contributed by atoms with Crippen molar-refractivity contribution in [2.24, 2.45) is 5.73 Å².